The van der Waals surface area contributed by atoms with Crippen molar-refractivity contribution in [3.05, 3.63) is 34.9 Å². The van der Waals surface area contributed by atoms with E-state index in [1.54, 1.807) is 0 Å². The Balaban J connectivity index is 2.17. The summed E-state index contributed by atoms with van der Waals surface area (Å²) in [5.74, 6) is 2.16. The molecule has 0 radical (unpaired) electrons. The van der Waals surface area contributed by atoms with Gasteiger partial charge in [0.1, 0.15) is 5.54 Å². The third-order valence-corrected chi connectivity index (χ3v) is 4.62. The highest BCUT2D eigenvalue weighted by Crippen LogP contribution is 2.19. The van der Waals surface area contributed by atoms with Crippen LogP contribution in [-0.2, 0) is 5.75 Å². The molecule has 0 fully saturated rings. The highest BCUT2D eigenvalue weighted by molar-refractivity contribution is 7.98. The second-order valence-corrected chi connectivity index (χ2v) is 7.42. The van der Waals surface area contributed by atoms with Crippen LogP contribution < -0.4 is 5.32 Å². The molecule has 21 heavy (non-hydrogen) atoms. The van der Waals surface area contributed by atoms with Crippen LogP contribution in [0, 0.1) is 11.3 Å². The number of hydrogen-bond donors (Lipinski definition) is 1. The fourth-order valence-corrected chi connectivity index (χ4v) is 3.36. The fraction of sp³-hybridized carbons (Fsp3) is 0.588. The lowest BCUT2D eigenvalue weighted by atomic mass is 9.96. The van der Waals surface area contributed by atoms with Crippen LogP contribution in [0.15, 0.2) is 24.3 Å². The lowest BCUT2D eigenvalue weighted by Crippen LogP contribution is -2.44. The molecule has 0 bridgehead atoms. The summed E-state index contributed by atoms with van der Waals surface area (Å²) in [4.78, 5) is 0. The zero-order valence-electron chi connectivity index (χ0n) is 13.2. The summed E-state index contributed by atoms with van der Waals surface area (Å²) < 4.78 is 0. The van der Waals surface area contributed by atoms with E-state index in [0.717, 1.165) is 35.8 Å². The van der Waals surface area contributed by atoms with Crippen molar-refractivity contribution in [2.24, 2.45) is 0 Å². The molecule has 0 spiro atoms. The number of benzene rings is 1. The molecule has 4 heteroatoms. The third-order valence-electron chi connectivity index (χ3n) is 3.25. The number of rotatable bonds is 9. The highest BCUT2D eigenvalue weighted by Gasteiger charge is 2.23. The molecule has 0 saturated carbocycles. The van der Waals surface area contributed by atoms with Crippen molar-refractivity contribution < 1.29 is 0 Å². The average Bonchev–Trinajstić information content (AvgIpc) is 2.44. The van der Waals surface area contributed by atoms with Gasteiger partial charge in [0.05, 0.1) is 6.07 Å². The smallest absolute Gasteiger partial charge is 0.104 e. The number of thioether (sulfide) groups is 1. The minimum absolute atomic E-state index is 0.342. The quantitative estimate of drug-likeness (QED) is 0.647. The third kappa shape index (κ3) is 7.76. The summed E-state index contributed by atoms with van der Waals surface area (Å²) in [5, 5.41) is 13.4. The lowest BCUT2D eigenvalue weighted by molar-refractivity contribution is 0.372. The Morgan fingerprint density at radius 3 is 2.52 bits per heavy atom. The molecule has 1 rings (SSSR count). The van der Waals surface area contributed by atoms with Crippen LogP contribution in [0.3, 0.4) is 0 Å². The van der Waals surface area contributed by atoms with Gasteiger partial charge >= 0.3 is 0 Å². The maximum atomic E-state index is 9.28. The van der Waals surface area contributed by atoms with Gasteiger partial charge in [0.25, 0.3) is 0 Å². The van der Waals surface area contributed by atoms with Crippen LogP contribution in [-0.4, -0.2) is 17.3 Å². The Bertz CT molecular complexity index is 453. The van der Waals surface area contributed by atoms with E-state index in [1.165, 1.54) is 5.56 Å². The second-order valence-electron chi connectivity index (χ2n) is 5.88. The van der Waals surface area contributed by atoms with Crippen LogP contribution in [0.1, 0.15) is 45.6 Å². The Labute approximate surface area is 138 Å². The molecule has 0 saturated heterocycles. The summed E-state index contributed by atoms with van der Waals surface area (Å²) >= 11 is 7.81. The average molecular weight is 325 g/mol. The van der Waals surface area contributed by atoms with Crippen molar-refractivity contribution in [2.75, 3.05) is 5.75 Å². The first-order valence-corrected chi connectivity index (χ1v) is 8.99. The van der Waals surface area contributed by atoms with E-state index < -0.39 is 5.54 Å². The van der Waals surface area contributed by atoms with Crippen LogP contribution in [0.25, 0.3) is 0 Å². The molecule has 2 nitrogen and oxygen atoms in total. The first kappa shape index (κ1) is 18.4. The fourth-order valence-electron chi connectivity index (χ4n) is 2.25. The SMILES string of the molecule is CC(C)NC(C)(C#N)CCCCSCc1ccc(Cl)cc1. The van der Waals surface area contributed by atoms with E-state index in [1.807, 2.05) is 30.8 Å². The molecule has 0 amide bonds. The molecule has 1 unspecified atom stereocenters. The van der Waals surface area contributed by atoms with Crippen molar-refractivity contribution >= 4 is 23.4 Å². The predicted octanol–water partition coefficient (Wildman–Crippen LogP) is 5.02. The van der Waals surface area contributed by atoms with Crippen molar-refractivity contribution in [2.45, 2.75) is 57.4 Å². The van der Waals surface area contributed by atoms with Gasteiger partial charge in [-0.1, -0.05) is 23.7 Å². The van der Waals surface area contributed by atoms with Crippen molar-refractivity contribution in [3.63, 3.8) is 0 Å². The molecule has 0 aliphatic rings. The van der Waals surface area contributed by atoms with Crippen molar-refractivity contribution in [1.82, 2.24) is 5.32 Å². The molecule has 0 aromatic heterocycles. The normalized spacial score (nSPS) is 13.9. The van der Waals surface area contributed by atoms with Crippen LogP contribution in [0.2, 0.25) is 5.02 Å². The maximum Gasteiger partial charge on any atom is 0.104 e. The Morgan fingerprint density at radius 2 is 1.95 bits per heavy atom. The zero-order valence-corrected chi connectivity index (χ0v) is 14.7. The van der Waals surface area contributed by atoms with Gasteiger partial charge in [-0.05, 0) is 63.5 Å². The molecule has 1 atom stereocenters. The number of halogens is 1. The molecule has 0 aliphatic heterocycles. The van der Waals surface area contributed by atoms with Crippen molar-refractivity contribution in [1.29, 1.82) is 5.26 Å². The molecule has 0 aliphatic carbocycles. The molecule has 0 heterocycles. The van der Waals surface area contributed by atoms with Crippen LogP contribution in [0.5, 0.6) is 0 Å². The predicted molar refractivity (Wildman–Crippen MR) is 93.8 cm³/mol. The summed E-state index contributed by atoms with van der Waals surface area (Å²) in [7, 11) is 0. The van der Waals surface area contributed by atoms with E-state index in [-0.39, 0.29) is 0 Å². The van der Waals surface area contributed by atoms with Gasteiger partial charge in [0.2, 0.25) is 0 Å². The Morgan fingerprint density at radius 1 is 1.29 bits per heavy atom. The molecule has 1 N–H and O–H groups in total. The minimum atomic E-state index is -0.394. The van der Waals surface area contributed by atoms with Gasteiger partial charge in [-0.25, -0.2) is 0 Å². The minimum Gasteiger partial charge on any atom is -0.297 e. The monoisotopic (exact) mass is 324 g/mol. The topological polar surface area (TPSA) is 35.8 Å². The summed E-state index contributed by atoms with van der Waals surface area (Å²) in [6.07, 6.45) is 3.13. The molecular formula is C17H25ClN2S. The number of nitriles is 1. The standard InChI is InChI=1S/C17H25ClN2S/c1-14(2)20-17(3,13-19)10-4-5-11-21-12-15-6-8-16(18)9-7-15/h6-9,14,20H,4-5,10-12H2,1-3H3. The molecule has 1 aromatic carbocycles. The highest BCUT2D eigenvalue weighted by atomic mass is 35.5. The zero-order chi connectivity index (χ0) is 15.7. The lowest BCUT2D eigenvalue weighted by Gasteiger charge is -2.25. The van der Waals surface area contributed by atoms with E-state index in [9.17, 15) is 5.26 Å². The maximum absolute atomic E-state index is 9.28. The van der Waals surface area contributed by atoms with Gasteiger partial charge in [-0.3, -0.25) is 5.32 Å². The second kappa shape index (κ2) is 9.35. The number of nitrogens with one attached hydrogen (secondary N) is 1. The van der Waals surface area contributed by atoms with Crippen LogP contribution >= 0.6 is 23.4 Å². The number of hydrogen-bond acceptors (Lipinski definition) is 3. The first-order valence-electron chi connectivity index (χ1n) is 7.46. The van der Waals surface area contributed by atoms with Crippen LogP contribution in [0.4, 0.5) is 0 Å². The van der Waals surface area contributed by atoms with Gasteiger partial charge < -0.3 is 0 Å². The van der Waals surface area contributed by atoms with E-state index >= 15 is 0 Å². The van der Waals surface area contributed by atoms with Gasteiger partial charge in [0.15, 0.2) is 0 Å². The van der Waals surface area contributed by atoms with E-state index in [2.05, 4.69) is 37.4 Å². The van der Waals surface area contributed by atoms with Gasteiger partial charge in [-0.15, -0.1) is 0 Å². The van der Waals surface area contributed by atoms with E-state index in [4.69, 9.17) is 11.6 Å². The summed E-state index contributed by atoms with van der Waals surface area (Å²) in [5.41, 5.74) is 0.919. The summed E-state index contributed by atoms with van der Waals surface area (Å²) in [6, 6.07) is 10.8. The number of nitrogens with zero attached hydrogens (tertiary/aromatic N) is 1. The Kier molecular flexibility index (Phi) is 8.18. The van der Waals surface area contributed by atoms with E-state index in [0.29, 0.717) is 6.04 Å². The molecule has 1 aromatic rings. The van der Waals surface area contributed by atoms with Gasteiger partial charge in [-0.2, -0.15) is 17.0 Å². The number of unbranched alkanes of at least 4 members (excludes halogenated alkanes) is 1. The van der Waals surface area contributed by atoms with Crippen molar-refractivity contribution in [3.8, 4) is 6.07 Å². The molecular weight excluding hydrogens is 300 g/mol. The largest absolute Gasteiger partial charge is 0.297 e. The van der Waals surface area contributed by atoms with Gasteiger partial charge in [0, 0.05) is 16.8 Å². The summed E-state index contributed by atoms with van der Waals surface area (Å²) in [6.45, 7) is 6.16. The first-order chi connectivity index (χ1) is 9.95. The Hall–Kier alpha value is -0.690. The molecule has 116 valence electrons.